The maximum Gasteiger partial charge on any atom is 0.264 e. The Hall–Kier alpha value is -2.74. The van der Waals surface area contributed by atoms with E-state index in [1.54, 1.807) is 0 Å². The van der Waals surface area contributed by atoms with E-state index in [0.29, 0.717) is 16.2 Å². The van der Waals surface area contributed by atoms with Crippen LogP contribution in [0.3, 0.4) is 0 Å². The third kappa shape index (κ3) is 4.08. The standard InChI is InChI=1S/C18H19N5O2S/c1-3-26-18-19-9-14-16(22-18)20-11-23(17(14)25)10-15(24)21-12(2)13-7-5-4-6-8-13/h4-9,11-12H,3,10H2,1-2H3,(H,21,24)/t12-/m1/s1. The van der Waals surface area contributed by atoms with Crippen molar-refractivity contribution in [1.29, 1.82) is 0 Å². The number of nitrogens with zero attached hydrogens (tertiary/aromatic N) is 4. The van der Waals surface area contributed by atoms with E-state index < -0.39 is 0 Å². The smallest absolute Gasteiger partial charge is 0.264 e. The second-order valence-electron chi connectivity index (χ2n) is 5.70. The van der Waals surface area contributed by atoms with Gasteiger partial charge in [0.1, 0.15) is 18.3 Å². The lowest BCUT2D eigenvalue weighted by Crippen LogP contribution is -2.34. The minimum Gasteiger partial charge on any atom is -0.348 e. The molecule has 8 heteroatoms. The molecule has 3 rings (SSSR count). The number of carbonyl (C=O) groups excluding carboxylic acids is 1. The second-order valence-corrected chi connectivity index (χ2v) is 6.93. The number of thioether (sulfide) groups is 1. The summed E-state index contributed by atoms with van der Waals surface area (Å²) < 4.78 is 1.27. The fourth-order valence-corrected chi connectivity index (χ4v) is 3.05. The van der Waals surface area contributed by atoms with E-state index in [0.717, 1.165) is 11.3 Å². The van der Waals surface area contributed by atoms with E-state index in [9.17, 15) is 9.59 Å². The minimum absolute atomic E-state index is 0.107. The lowest BCUT2D eigenvalue weighted by Gasteiger charge is -2.14. The SMILES string of the molecule is CCSc1ncc2c(=O)n(CC(=O)N[C@H](C)c3ccccc3)cnc2n1. The van der Waals surface area contributed by atoms with Gasteiger partial charge in [0.15, 0.2) is 10.8 Å². The van der Waals surface area contributed by atoms with Crippen LogP contribution < -0.4 is 10.9 Å². The third-order valence-electron chi connectivity index (χ3n) is 3.82. The molecule has 2 heterocycles. The molecule has 1 atom stereocenters. The van der Waals surface area contributed by atoms with Crippen LogP contribution in [0, 0.1) is 0 Å². The average Bonchev–Trinajstić information content (AvgIpc) is 2.65. The molecule has 0 unspecified atom stereocenters. The van der Waals surface area contributed by atoms with Crippen LogP contribution in [0.2, 0.25) is 0 Å². The molecule has 0 aliphatic carbocycles. The van der Waals surface area contributed by atoms with Crippen LogP contribution in [0.4, 0.5) is 0 Å². The van der Waals surface area contributed by atoms with Crippen molar-refractivity contribution < 1.29 is 4.79 Å². The molecule has 7 nitrogen and oxygen atoms in total. The molecular formula is C18H19N5O2S. The van der Waals surface area contributed by atoms with E-state index in [4.69, 9.17) is 0 Å². The molecule has 2 aromatic heterocycles. The summed E-state index contributed by atoms with van der Waals surface area (Å²) in [4.78, 5) is 37.5. The van der Waals surface area contributed by atoms with Crippen LogP contribution in [0.5, 0.6) is 0 Å². The predicted molar refractivity (Wildman–Crippen MR) is 101 cm³/mol. The summed E-state index contributed by atoms with van der Waals surface area (Å²) in [5.41, 5.74) is 1.01. The van der Waals surface area contributed by atoms with Crippen molar-refractivity contribution in [1.82, 2.24) is 24.8 Å². The molecule has 3 aromatic rings. The molecule has 0 saturated heterocycles. The fraction of sp³-hybridized carbons (Fsp3) is 0.278. The molecule has 0 aliphatic rings. The monoisotopic (exact) mass is 369 g/mol. The van der Waals surface area contributed by atoms with Crippen molar-refractivity contribution in [2.45, 2.75) is 31.6 Å². The molecule has 26 heavy (non-hydrogen) atoms. The number of benzene rings is 1. The van der Waals surface area contributed by atoms with Gasteiger partial charge < -0.3 is 5.32 Å². The van der Waals surface area contributed by atoms with Gasteiger partial charge in [0.2, 0.25) is 5.91 Å². The summed E-state index contributed by atoms with van der Waals surface area (Å²) in [5, 5.41) is 3.77. The Morgan fingerprint density at radius 3 is 2.77 bits per heavy atom. The summed E-state index contributed by atoms with van der Waals surface area (Å²) in [6.07, 6.45) is 2.82. The molecule has 1 N–H and O–H groups in total. The number of carbonyl (C=O) groups is 1. The molecule has 0 radical (unpaired) electrons. The summed E-state index contributed by atoms with van der Waals surface area (Å²) in [5.74, 6) is 0.575. The zero-order valence-corrected chi connectivity index (χ0v) is 15.4. The largest absolute Gasteiger partial charge is 0.348 e. The Labute approximate surface area is 154 Å². The highest BCUT2D eigenvalue weighted by Gasteiger charge is 2.13. The van der Waals surface area contributed by atoms with Gasteiger partial charge in [-0.15, -0.1) is 0 Å². The van der Waals surface area contributed by atoms with Crippen molar-refractivity contribution in [3.8, 4) is 0 Å². The van der Waals surface area contributed by atoms with Crippen LogP contribution in [0.15, 0.2) is 52.8 Å². The Kier molecular flexibility index (Phi) is 5.62. The number of amides is 1. The van der Waals surface area contributed by atoms with E-state index in [1.807, 2.05) is 44.2 Å². The number of fused-ring (bicyclic) bond motifs is 1. The summed E-state index contributed by atoms with van der Waals surface area (Å²) in [6, 6.07) is 9.49. The quantitative estimate of drug-likeness (QED) is 0.529. The second kappa shape index (κ2) is 8.09. The fourth-order valence-electron chi connectivity index (χ4n) is 2.52. The van der Waals surface area contributed by atoms with E-state index in [2.05, 4.69) is 20.3 Å². The van der Waals surface area contributed by atoms with E-state index >= 15 is 0 Å². The van der Waals surface area contributed by atoms with Gasteiger partial charge in [0.25, 0.3) is 5.56 Å². The zero-order chi connectivity index (χ0) is 18.5. The predicted octanol–water partition coefficient (Wildman–Crippen LogP) is 2.18. The molecule has 0 aliphatic heterocycles. The van der Waals surface area contributed by atoms with Gasteiger partial charge in [-0.25, -0.2) is 15.0 Å². The lowest BCUT2D eigenvalue weighted by atomic mass is 10.1. The molecule has 1 amide bonds. The van der Waals surface area contributed by atoms with Crippen molar-refractivity contribution in [3.05, 3.63) is 58.8 Å². The first kappa shape index (κ1) is 18.1. The summed E-state index contributed by atoms with van der Waals surface area (Å²) in [6.45, 7) is 3.79. The molecule has 1 aromatic carbocycles. The Balaban J connectivity index is 1.76. The van der Waals surface area contributed by atoms with Gasteiger partial charge >= 0.3 is 0 Å². The van der Waals surface area contributed by atoms with Crippen LogP contribution in [0.1, 0.15) is 25.5 Å². The summed E-state index contributed by atoms with van der Waals surface area (Å²) in [7, 11) is 0. The molecule has 134 valence electrons. The first-order valence-corrected chi connectivity index (χ1v) is 9.26. The van der Waals surface area contributed by atoms with Crippen LogP contribution in [0.25, 0.3) is 11.0 Å². The first-order chi connectivity index (χ1) is 12.6. The third-order valence-corrected chi connectivity index (χ3v) is 4.57. The van der Waals surface area contributed by atoms with Gasteiger partial charge in [0, 0.05) is 6.20 Å². The Bertz CT molecular complexity index is 974. The van der Waals surface area contributed by atoms with Crippen LogP contribution in [-0.4, -0.2) is 31.2 Å². The number of rotatable bonds is 6. The van der Waals surface area contributed by atoms with Crippen molar-refractivity contribution in [3.63, 3.8) is 0 Å². The van der Waals surface area contributed by atoms with E-state index in [1.165, 1.54) is 28.9 Å². The number of hydrogen-bond donors (Lipinski definition) is 1. The number of aromatic nitrogens is 4. The Morgan fingerprint density at radius 2 is 2.04 bits per heavy atom. The van der Waals surface area contributed by atoms with Crippen LogP contribution in [-0.2, 0) is 11.3 Å². The highest BCUT2D eigenvalue weighted by Crippen LogP contribution is 2.13. The minimum atomic E-state index is -0.328. The summed E-state index contributed by atoms with van der Waals surface area (Å²) >= 11 is 1.48. The molecule has 0 spiro atoms. The van der Waals surface area contributed by atoms with Crippen molar-refractivity contribution in [2.24, 2.45) is 0 Å². The highest BCUT2D eigenvalue weighted by atomic mass is 32.2. The number of nitrogens with one attached hydrogen (secondary N) is 1. The number of hydrogen-bond acceptors (Lipinski definition) is 6. The zero-order valence-electron chi connectivity index (χ0n) is 14.5. The Morgan fingerprint density at radius 1 is 1.27 bits per heavy atom. The lowest BCUT2D eigenvalue weighted by molar-refractivity contribution is -0.122. The highest BCUT2D eigenvalue weighted by molar-refractivity contribution is 7.99. The molecule has 0 fully saturated rings. The first-order valence-electron chi connectivity index (χ1n) is 8.27. The maximum absolute atomic E-state index is 12.5. The normalized spacial score (nSPS) is 12.1. The van der Waals surface area contributed by atoms with Gasteiger partial charge in [-0.3, -0.25) is 14.2 Å². The topological polar surface area (TPSA) is 89.8 Å². The van der Waals surface area contributed by atoms with Gasteiger partial charge in [-0.1, -0.05) is 49.0 Å². The van der Waals surface area contributed by atoms with Crippen molar-refractivity contribution >= 4 is 28.7 Å². The molecule has 0 saturated carbocycles. The van der Waals surface area contributed by atoms with Gasteiger partial charge in [-0.2, -0.15) is 0 Å². The van der Waals surface area contributed by atoms with Crippen LogP contribution >= 0.6 is 11.8 Å². The van der Waals surface area contributed by atoms with Crippen molar-refractivity contribution in [2.75, 3.05) is 5.75 Å². The molecular weight excluding hydrogens is 350 g/mol. The molecule has 0 bridgehead atoms. The maximum atomic E-state index is 12.5. The van der Waals surface area contributed by atoms with Gasteiger partial charge in [-0.05, 0) is 18.2 Å². The average molecular weight is 369 g/mol. The van der Waals surface area contributed by atoms with E-state index in [-0.39, 0.29) is 24.1 Å². The van der Waals surface area contributed by atoms with Gasteiger partial charge in [0.05, 0.1) is 6.04 Å².